The number of furan rings is 1. The number of nitrogens with zero attached hydrogens (tertiary/aromatic N) is 2. The van der Waals surface area contributed by atoms with Crippen LogP contribution in [-0.4, -0.2) is 59.4 Å². The molecule has 3 heterocycles. The number of hydrogen-bond acceptors (Lipinski definition) is 5. The molecule has 0 unspecified atom stereocenters. The van der Waals surface area contributed by atoms with Crippen LogP contribution in [0.15, 0.2) is 59.0 Å². The summed E-state index contributed by atoms with van der Waals surface area (Å²) in [5.41, 5.74) is 3.10. The monoisotopic (exact) mass is 431 g/mol. The van der Waals surface area contributed by atoms with Crippen molar-refractivity contribution in [1.29, 1.82) is 0 Å². The Bertz CT molecular complexity index is 1250. The maximum Gasteiger partial charge on any atom is 0.374 e. The van der Waals surface area contributed by atoms with Gasteiger partial charge in [-0.25, -0.2) is 4.79 Å². The molecule has 2 aromatic carbocycles. The van der Waals surface area contributed by atoms with E-state index in [0.29, 0.717) is 50.6 Å². The highest BCUT2D eigenvalue weighted by molar-refractivity contribution is 5.98. The fourth-order valence-electron chi connectivity index (χ4n) is 4.31. The van der Waals surface area contributed by atoms with Crippen molar-refractivity contribution in [2.75, 3.05) is 32.8 Å². The van der Waals surface area contributed by atoms with Gasteiger partial charge in [0.15, 0.2) is 0 Å². The lowest BCUT2D eigenvalue weighted by Gasteiger charge is -2.34. The van der Waals surface area contributed by atoms with Gasteiger partial charge in [0, 0.05) is 54.6 Å². The van der Waals surface area contributed by atoms with Gasteiger partial charge in [-0.1, -0.05) is 36.4 Å². The number of amides is 1. The molecule has 1 fully saturated rings. The van der Waals surface area contributed by atoms with Crippen LogP contribution in [0.25, 0.3) is 21.9 Å². The van der Waals surface area contributed by atoms with Crippen molar-refractivity contribution in [2.45, 2.75) is 13.5 Å². The summed E-state index contributed by atoms with van der Waals surface area (Å²) in [5, 5.41) is 1.96. The molecule has 4 aromatic rings. The van der Waals surface area contributed by atoms with Gasteiger partial charge in [-0.15, -0.1) is 0 Å². The number of esters is 1. The second-order valence-corrected chi connectivity index (χ2v) is 7.96. The second-order valence-electron chi connectivity index (χ2n) is 7.96. The lowest BCUT2D eigenvalue weighted by molar-refractivity contribution is 0.0488. The largest absolute Gasteiger partial charge is 0.460 e. The predicted molar refractivity (Wildman–Crippen MR) is 122 cm³/mol. The summed E-state index contributed by atoms with van der Waals surface area (Å²) >= 11 is 0. The van der Waals surface area contributed by atoms with E-state index in [4.69, 9.17) is 9.15 Å². The van der Waals surface area contributed by atoms with Crippen LogP contribution >= 0.6 is 0 Å². The lowest BCUT2D eigenvalue weighted by Crippen LogP contribution is -2.48. The number of ether oxygens (including phenoxy) is 1. The fourth-order valence-corrected chi connectivity index (χ4v) is 4.31. The van der Waals surface area contributed by atoms with Gasteiger partial charge in [-0.05, 0) is 25.1 Å². The number of rotatable bonds is 5. The van der Waals surface area contributed by atoms with Crippen LogP contribution in [0, 0.1) is 0 Å². The van der Waals surface area contributed by atoms with Gasteiger partial charge in [0.05, 0.1) is 6.61 Å². The Hall–Kier alpha value is -3.58. The van der Waals surface area contributed by atoms with Crippen molar-refractivity contribution in [3.63, 3.8) is 0 Å². The highest BCUT2D eigenvalue weighted by Gasteiger charge is 2.27. The van der Waals surface area contributed by atoms with Gasteiger partial charge in [0.1, 0.15) is 11.3 Å². The molecule has 164 valence electrons. The zero-order chi connectivity index (χ0) is 22.1. The van der Waals surface area contributed by atoms with Crippen LogP contribution in [0.1, 0.15) is 33.5 Å². The van der Waals surface area contributed by atoms with Crippen molar-refractivity contribution in [1.82, 2.24) is 14.8 Å². The summed E-state index contributed by atoms with van der Waals surface area (Å²) in [7, 11) is 0. The number of nitrogens with one attached hydrogen (secondary N) is 1. The second kappa shape index (κ2) is 8.51. The standard InChI is InChI=1S/C25H25N3O4/c1-2-31-25(30)23-19(18-8-4-6-10-22(18)32-23)16-27-11-13-28(14-12-27)24(29)21-15-17-7-3-5-9-20(17)26-21/h3-10,15,26H,2,11-14,16H2,1H3. The molecule has 5 rings (SSSR count). The number of hydrogen-bond donors (Lipinski definition) is 1. The average Bonchev–Trinajstić information content (AvgIpc) is 3.41. The molecule has 1 N–H and O–H groups in total. The molecular formula is C25H25N3O4. The third kappa shape index (κ3) is 3.76. The number of aromatic nitrogens is 1. The van der Waals surface area contributed by atoms with E-state index in [9.17, 15) is 9.59 Å². The van der Waals surface area contributed by atoms with Crippen molar-refractivity contribution in [3.8, 4) is 0 Å². The van der Waals surface area contributed by atoms with Gasteiger partial charge in [0.2, 0.25) is 5.76 Å². The highest BCUT2D eigenvalue weighted by Crippen LogP contribution is 2.28. The first-order chi connectivity index (χ1) is 15.6. The summed E-state index contributed by atoms with van der Waals surface area (Å²) in [6, 6.07) is 17.4. The Kier molecular flexibility index (Phi) is 5.41. The first-order valence-electron chi connectivity index (χ1n) is 10.9. The molecule has 2 aromatic heterocycles. The topological polar surface area (TPSA) is 78.8 Å². The predicted octanol–water partition coefficient (Wildman–Crippen LogP) is 4.05. The van der Waals surface area contributed by atoms with E-state index in [1.165, 1.54) is 0 Å². The van der Waals surface area contributed by atoms with E-state index in [0.717, 1.165) is 21.9 Å². The molecule has 1 amide bonds. The summed E-state index contributed by atoms with van der Waals surface area (Å²) in [6.07, 6.45) is 0. The van der Waals surface area contributed by atoms with Crippen molar-refractivity contribution >= 4 is 33.7 Å². The van der Waals surface area contributed by atoms with Gasteiger partial charge >= 0.3 is 5.97 Å². The Labute approximate surface area is 185 Å². The van der Waals surface area contributed by atoms with Crippen molar-refractivity contribution in [2.24, 2.45) is 0 Å². The molecule has 0 saturated carbocycles. The van der Waals surface area contributed by atoms with Crippen LogP contribution < -0.4 is 0 Å². The zero-order valence-electron chi connectivity index (χ0n) is 18.0. The van der Waals surface area contributed by atoms with E-state index in [1.54, 1.807) is 6.92 Å². The zero-order valence-corrected chi connectivity index (χ0v) is 18.0. The molecule has 7 nitrogen and oxygen atoms in total. The summed E-state index contributed by atoms with van der Waals surface area (Å²) in [6.45, 7) is 5.33. The molecule has 1 aliphatic rings. The lowest BCUT2D eigenvalue weighted by atomic mass is 10.1. The number of para-hydroxylation sites is 2. The maximum absolute atomic E-state index is 13.0. The first-order valence-corrected chi connectivity index (χ1v) is 10.9. The number of fused-ring (bicyclic) bond motifs is 2. The van der Waals surface area contributed by atoms with E-state index in [2.05, 4.69) is 9.88 Å². The molecule has 0 atom stereocenters. The van der Waals surface area contributed by atoms with Crippen LogP contribution in [0.3, 0.4) is 0 Å². The van der Waals surface area contributed by atoms with Gasteiger partial charge < -0.3 is 19.0 Å². The molecule has 0 bridgehead atoms. The highest BCUT2D eigenvalue weighted by atomic mass is 16.5. The smallest absolute Gasteiger partial charge is 0.374 e. The Morgan fingerprint density at radius 1 is 1.03 bits per heavy atom. The number of carbonyl (C=O) groups excluding carboxylic acids is 2. The third-order valence-electron chi connectivity index (χ3n) is 5.96. The normalized spacial score (nSPS) is 14.8. The number of piperazine rings is 1. The molecule has 0 aliphatic carbocycles. The Morgan fingerprint density at radius 3 is 2.56 bits per heavy atom. The molecule has 7 heteroatoms. The van der Waals surface area contributed by atoms with Crippen LogP contribution in [0.2, 0.25) is 0 Å². The van der Waals surface area contributed by atoms with E-state index >= 15 is 0 Å². The minimum atomic E-state index is -0.439. The summed E-state index contributed by atoms with van der Waals surface area (Å²) < 4.78 is 11.0. The number of benzene rings is 2. The molecule has 0 radical (unpaired) electrons. The Balaban J connectivity index is 1.30. The molecule has 0 spiro atoms. The summed E-state index contributed by atoms with van der Waals surface area (Å²) in [4.78, 5) is 32.8. The summed E-state index contributed by atoms with van der Waals surface area (Å²) in [5.74, 6) is -0.155. The minimum Gasteiger partial charge on any atom is -0.460 e. The molecule has 32 heavy (non-hydrogen) atoms. The van der Waals surface area contributed by atoms with E-state index in [-0.39, 0.29) is 11.7 Å². The van der Waals surface area contributed by atoms with Crippen molar-refractivity contribution < 1.29 is 18.7 Å². The SMILES string of the molecule is CCOC(=O)c1oc2ccccc2c1CN1CCN(C(=O)c2cc3ccccc3[nH]2)CC1. The van der Waals surface area contributed by atoms with E-state index < -0.39 is 5.97 Å². The average molecular weight is 431 g/mol. The van der Waals surface area contributed by atoms with Crippen molar-refractivity contribution in [3.05, 3.63) is 71.6 Å². The number of carbonyl (C=O) groups is 2. The molecular weight excluding hydrogens is 406 g/mol. The first kappa shape index (κ1) is 20.3. The molecule has 1 saturated heterocycles. The van der Waals surface area contributed by atoms with Gasteiger partial charge in [-0.3, -0.25) is 9.69 Å². The Morgan fingerprint density at radius 2 is 1.78 bits per heavy atom. The van der Waals surface area contributed by atoms with Crippen LogP contribution in [0.4, 0.5) is 0 Å². The van der Waals surface area contributed by atoms with Gasteiger partial charge in [-0.2, -0.15) is 0 Å². The number of H-pyrrole nitrogens is 1. The molecule has 1 aliphatic heterocycles. The maximum atomic E-state index is 13.0. The quantitative estimate of drug-likeness (QED) is 0.483. The van der Waals surface area contributed by atoms with E-state index in [1.807, 2.05) is 59.5 Å². The minimum absolute atomic E-state index is 0.0156. The van der Waals surface area contributed by atoms with Crippen LogP contribution in [0.5, 0.6) is 0 Å². The van der Waals surface area contributed by atoms with Crippen LogP contribution in [-0.2, 0) is 11.3 Å². The third-order valence-corrected chi connectivity index (χ3v) is 5.96. The fraction of sp³-hybridized carbons (Fsp3) is 0.280. The number of aromatic amines is 1. The van der Waals surface area contributed by atoms with Gasteiger partial charge in [0.25, 0.3) is 5.91 Å².